The smallest absolute Gasteiger partial charge is 0.280 e. The molecule has 0 spiro atoms. The van der Waals surface area contributed by atoms with Crippen molar-refractivity contribution in [3.8, 4) is 0 Å². The molecule has 0 aliphatic rings. The topological polar surface area (TPSA) is 182 Å². The molecule has 0 aromatic carbocycles. The highest BCUT2D eigenvalue weighted by atomic mass is 16.4. The molecule has 0 aliphatic heterocycles. The lowest BCUT2D eigenvalue weighted by atomic mass is 10.1. The molecule has 0 unspecified atom stereocenters. The first-order valence-electron chi connectivity index (χ1n) is 6.53. The minimum absolute atomic E-state index is 0.0781. The first-order chi connectivity index (χ1) is 10.8. The minimum Gasteiger partial charge on any atom is -0.394 e. The molecule has 0 bridgehead atoms. The van der Waals surface area contributed by atoms with Crippen molar-refractivity contribution in [2.45, 2.75) is 25.2 Å². The Labute approximate surface area is 128 Å². The number of amides is 1. The van der Waals surface area contributed by atoms with Crippen LogP contribution in [0.25, 0.3) is 11.2 Å². The number of carbonyl (C=O) groups is 1. The number of aliphatic hydroxyl groups excluding tert-OH is 4. The molecule has 2 heterocycles. The number of aromatic nitrogens is 4. The van der Waals surface area contributed by atoms with Crippen LogP contribution >= 0.6 is 0 Å². The van der Waals surface area contributed by atoms with Crippen molar-refractivity contribution in [3.63, 3.8) is 0 Å². The Morgan fingerprint density at radius 2 is 2.04 bits per heavy atom. The number of carbonyl (C=O) groups excluding carboxylic acids is 1. The second kappa shape index (κ2) is 6.75. The van der Waals surface area contributed by atoms with Gasteiger partial charge in [0.25, 0.3) is 5.56 Å². The lowest BCUT2D eigenvalue weighted by molar-refractivity contribution is -0.114. The van der Waals surface area contributed by atoms with Gasteiger partial charge in [-0.1, -0.05) is 0 Å². The minimum atomic E-state index is -1.71. The number of hydrogen-bond acceptors (Lipinski definition) is 9. The summed E-state index contributed by atoms with van der Waals surface area (Å²) in [5.74, 6) is -0.540. The van der Waals surface area contributed by atoms with Gasteiger partial charge in [0.05, 0.1) is 18.5 Å². The molecule has 0 radical (unpaired) electrons. The maximum absolute atomic E-state index is 11.9. The third-order valence-corrected chi connectivity index (χ3v) is 2.94. The second-order valence-electron chi connectivity index (χ2n) is 4.75. The number of hydrogen-bond donors (Lipinski definition) is 6. The Bertz CT molecular complexity index is 778. The van der Waals surface area contributed by atoms with Crippen LogP contribution in [-0.2, 0) is 4.79 Å². The third kappa shape index (κ3) is 3.65. The number of nitrogens with one attached hydrogen (secondary N) is 2. The Kier molecular flexibility index (Phi) is 4.95. The van der Waals surface area contributed by atoms with Gasteiger partial charge in [0.2, 0.25) is 11.9 Å². The van der Waals surface area contributed by atoms with E-state index in [1.54, 1.807) is 0 Å². The van der Waals surface area contributed by atoms with Gasteiger partial charge in [-0.25, -0.2) is 9.97 Å². The van der Waals surface area contributed by atoms with Crippen molar-refractivity contribution in [2.75, 3.05) is 11.9 Å². The molecule has 0 aliphatic carbocycles. The van der Waals surface area contributed by atoms with Gasteiger partial charge in [0.15, 0.2) is 11.2 Å². The number of aliphatic hydroxyl groups is 4. The van der Waals surface area contributed by atoms with Crippen molar-refractivity contribution in [1.29, 1.82) is 0 Å². The second-order valence-corrected chi connectivity index (χ2v) is 4.75. The van der Waals surface area contributed by atoms with Crippen molar-refractivity contribution in [2.24, 2.45) is 0 Å². The van der Waals surface area contributed by atoms with Crippen LogP contribution in [-0.4, -0.2) is 65.1 Å². The lowest BCUT2D eigenvalue weighted by Crippen LogP contribution is -2.35. The third-order valence-electron chi connectivity index (χ3n) is 2.94. The van der Waals surface area contributed by atoms with Crippen molar-refractivity contribution in [1.82, 2.24) is 19.9 Å². The van der Waals surface area contributed by atoms with E-state index in [0.717, 1.165) is 6.20 Å². The van der Waals surface area contributed by atoms with Gasteiger partial charge in [0, 0.05) is 6.92 Å². The number of anilines is 1. The Hall–Kier alpha value is -2.47. The van der Waals surface area contributed by atoms with E-state index in [1.165, 1.54) is 6.92 Å². The highest BCUT2D eigenvalue weighted by Gasteiger charge is 2.27. The monoisotopic (exact) mass is 325 g/mol. The summed E-state index contributed by atoms with van der Waals surface area (Å²) in [5.41, 5.74) is -1.19. The summed E-state index contributed by atoms with van der Waals surface area (Å²) >= 11 is 0. The van der Waals surface area contributed by atoms with Gasteiger partial charge >= 0.3 is 0 Å². The van der Waals surface area contributed by atoms with Crippen molar-refractivity contribution in [3.05, 3.63) is 22.2 Å². The predicted octanol–water partition coefficient (Wildman–Crippen LogP) is -2.58. The Morgan fingerprint density at radius 1 is 1.35 bits per heavy atom. The zero-order valence-corrected chi connectivity index (χ0v) is 12.0. The SMILES string of the molecule is CC(=O)Nc1nc2ncc([C@@H](O)[C@@H](O)[C@H](O)CO)nc2c(=O)[nH]1. The average Bonchev–Trinajstić information content (AvgIpc) is 2.51. The van der Waals surface area contributed by atoms with Crippen molar-refractivity contribution < 1.29 is 25.2 Å². The normalized spacial score (nSPS) is 15.2. The summed E-state index contributed by atoms with van der Waals surface area (Å²) in [4.78, 5) is 36.7. The van der Waals surface area contributed by atoms with E-state index in [9.17, 15) is 24.9 Å². The summed E-state index contributed by atoms with van der Waals surface area (Å²) in [6.45, 7) is 0.477. The van der Waals surface area contributed by atoms with Crippen molar-refractivity contribution >= 4 is 23.0 Å². The molecule has 0 fully saturated rings. The highest BCUT2D eigenvalue weighted by Crippen LogP contribution is 2.17. The molecule has 124 valence electrons. The molecule has 23 heavy (non-hydrogen) atoms. The van der Waals surface area contributed by atoms with E-state index < -0.39 is 36.4 Å². The Balaban J connectivity index is 2.41. The Morgan fingerprint density at radius 3 is 2.65 bits per heavy atom. The molecular weight excluding hydrogens is 310 g/mol. The molecule has 6 N–H and O–H groups in total. The van der Waals surface area contributed by atoms with E-state index >= 15 is 0 Å². The summed E-state index contributed by atoms with van der Waals surface area (Å²) in [6, 6.07) is 0. The predicted molar refractivity (Wildman–Crippen MR) is 76.3 cm³/mol. The first kappa shape index (κ1) is 16.9. The fourth-order valence-electron chi connectivity index (χ4n) is 1.79. The van der Waals surface area contributed by atoms with Crippen LogP contribution in [0, 0.1) is 0 Å². The number of nitrogens with zero attached hydrogens (tertiary/aromatic N) is 3. The van der Waals surface area contributed by atoms with Crippen LogP contribution in [0.3, 0.4) is 0 Å². The van der Waals surface area contributed by atoms with E-state index in [2.05, 4.69) is 25.3 Å². The zero-order chi connectivity index (χ0) is 17.1. The molecule has 0 saturated heterocycles. The van der Waals surface area contributed by atoms with E-state index in [0.29, 0.717) is 0 Å². The molecule has 3 atom stereocenters. The van der Waals surface area contributed by atoms with E-state index in [4.69, 9.17) is 5.11 Å². The zero-order valence-electron chi connectivity index (χ0n) is 12.0. The largest absolute Gasteiger partial charge is 0.394 e. The standard InChI is InChI=1S/C12H15N5O6/c1-4(19)14-12-16-10-7(11(23)17-12)15-5(2-13-10)8(21)9(22)6(20)3-18/h2,6,8-9,18,20-22H,3H2,1H3,(H2,13,14,16,17,19,23)/t6-,8-,9+/m1/s1. The highest BCUT2D eigenvalue weighted by molar-refractivity contribution is 5.87. The fourth-order valence-corrected chi connectivity index (χ4v) is 1.79. The molecule has 11 nitrogen and oxygen atoms in total. The van der Waals surface area contributed by atoms with Gasteiger partial charge in [-0.05, 0) is 0 Å². The van der Waals surface area contributed by atoms with Gasteiger partial charge in [-0.15, -0.1) is 0 Å². The lowest BCUT2D eigenvalue weighted by Gasteiger charge is -2.20. The molecule has 11 heteroatoms. The van der Waals surface area contributed by atoms with Gasteiger partial charge in [-0.3, -0.25) is 19.9 Å². The average molecular weight is 325 g/mol. The number of H-pyrrole nitrogens is 1. The number of aromatic amines is 1. The molecule has 2 aromatic rings. The molecule has 2 aromatic heterocycles. The van der Waals surface area contributed by atoms with E-state index in [1.807, 2.05) is 0 Å². The van der Waals surface area contributed by atoms with Crippen LogP contribution in [0.15, 0.2) is 11.0 Å². The summed E-state index contributed by atoms with van der Waals surface area (Å²) < 4.78 is 0. The van der Waals surface area contributed by atoms with Gasteiger partial charge < -0.3 is 20.4 Å². The summed E-state index contributed by atoms with van der Waals surface area (Å²) in [6.07, 6.45) is -3.90. The molecule has 0 saturated carbocycles. The molecular formula is C12H15N5O6. The number of rotatable bonds is 5. The quantitative estimate of drug-likeness (QED) is 0.344. The van der Waals surface area contributed by atoms with Crippen LogP contribution in [0.5, 0.6) is 0 Å². The first-order valence-corrected chi connectivity index (χ1v) is 6.53. The summed E-state index contributed by atoms with van der Waals surface area (Å²) in [5, 5.41) is 39.9. The molecule has 2 rings (SSSR count). The van der Waals surface area contributed by atoms with E-state index in [-0.39, 0.29) is 22.8 Å². The van der Waals surface area contributed by atoms with Gasteiger partial charge in [-0.2, -0.15) is 4.98 Å². The summed E-state index contributed by atoms with van der Waals surface area (Å²) in [7, 11) is 0. The molecule has 1 amide bonds. The van der Waals surface area contributed by atoms with Crippen LogP contribution in [0.1, 0.15) is 18.7 Å². The maximum atomic E-state index is 11.9. The van der Waals surface area contributed by atoms with Crippen LogP contribution in [0.4, 0.5) is 5.95 Å². The number of fused-ring (bicyclic) bond motifs is 1. The van der Waals surface area contributed by atoms with Gasteiger partial charge in [0.1, 0.15) is 18.3 Å². The fraction of sp³-hybridized carbons (Fsp3) is 0.417. The maximum Gasteiger partial charge on any atom is 0.280 e. The van der Waals surface area contributed by atoms with Crippen LogP contribution in [0.2, 0.25) is 0 Å². The van der Waals surface area contributed by atoms with Crippen LogP contribution < -0.4 is 10.9 Å².